The summed E-state index contributed by atoms with van der Waals surface area (Å²) >= 11 is 0. The average molecular weight is 272 g/mol. The molecule has 1 aliphatic rings. The fraction of sp³-hybridized carbons (Fsp3) is 0.846. The zero-order valence-electron chi connectivity index (χ0n) is 12.0. The lowest BCUT2D eigenvalue weighted by molar-refractivity contribution is -0.141. The highest BCUT2D eigenvalue weighted by molar-refractivity contribution is 5.75. The van der Waals surface area contributed by atoms with Crippen LogP contribution in [-0.2, 0) is 9.53 Å². The number of rotatable bonds is 5. The number of ether oxygens (including phenoxy) is 1. The first-order valence-corrected chi connectivity index (χ1v) is 6.72. The van der Waals surface area contributed by atoms with Gasteiger partial charge in [0.15, 0.2) is 0 Å². The van der Waals surface area contributed by atoms with Gasteiger partial charge in [0.25, 0.3) is 0 Å². The molecule has 1 N–H and O–H groups in total. The summed E-state index contributed by atoms with van der Waals surface area (Å²) in [5, 5.41) is 8.84. The fourth-order valence-electron chi connectivity index (χ4n) is 2.19. The van der Waals surface area contributed by atoms with Crippen LogP contribution in [0.3, 0.4) is 0 Å². The van der Waals surface area contributed by atoms with Gasteiger partial charge in [0.1, 0.15) is 0 Å². The molecule has 0 saturated carbocycles. The lowest BCUT2D eigenvalue weighted by Gasteiger charge is -2.30. The maximum Gasteiger partial charge on any atom is 0.319 e. The first-order valence-electron chi connectivity index (χ1n) is 6.72. The summed E-state index contributed by atoms with van der Waals surface area (Å²) in [6, 6.07) is -0.165. The number of aliphatic carboxylic acids is 1. The molecule has 6 nitrogen and oxygen atoms in total. The molecule has 110 valence electrons. The Morgan fingerprint density at radius 1 is 1.32 bits per heavy atom. The van der Waals surface area contributed by atoms with E-state index in [4.69, 9.17) is 9.84 Å². The number of hydrogen-bond acceptors (Lipinski definition) is 3. The molecule has 0 aromatic carbocycles. The van der Waals surface area contributed by atoms with Crippen molar-refractivity contribution in [3.05, 3.63) is 0 Å². The molecule has 0 aromatic rings. The number of amides is 2. The molecule has 2 atom stereocenters. The number of hydrogen-bond donors (Lipinski definition) is 1. The van der Waals surface area contributed by atoms with Crippen LogP contribution >= 0.6 is 0 Å². The van der Waals surface area contributed by atoms with Gasteiger partial charge in [0.2, 0.25) is 0 Å². The molecule has 0 radical (unpaired) electrons. The van der Waals surface area contributed by atoms with E-state index in [2.05, 4.69) is 0 Å². The lowest BCUT2D eigenvalue weighted by Crippen LogP contribution is -2.45. The van der Waals surface area contributed by atoms with Gasteiger partial charge >= 0.3 is 12.0 Å². The molecule has 1 aliphatic heterocycles. The predicted octanol–water partition coefficient (Wildman–Crippen LogP) is 1.26. The molecule has 6 heteroatoms. The van der Waals surface area contributed by atoms with E-state index in [-0.39, 0.29) is 18.7 Å². The van der Waals surface area contributed by atoms with E-state index in [0.29, 0.717) is 6.54 Å². The van der Waals surface area contributed by atoms with Crippen LogP contribution in [0.4, 0.5) is 4.79 Å². The molecule has 1 heterocycles. The third kappa shape index (κ3) is 5.06. The number of carbonyl (C=O) groups is 2. The van der Waals surface area contributed by atoms with Crippen molar-refractivity contribution in [2.24, 2.45) is 5.92 Å². The van der Waals surface area contributed by atoms with Crippen LogP contribution in [0, 0.1) is 5.92 Å². The third-order valence-electron chi connectivity index (χ3n) is 3.37. The highest BCUT2D eigenvalue weighted by Crippen LogP contribution is 2.14. The second kappa shape index (κ2) is 7.33. The van der Waals surface area contributed by atoms with Crippen LogP contribution in [0.15, 0.2) is 0 Å². The Morgan fingerprint density at radius 3 is 2.53 bits per heavy atom. The van der Waals surface area contributed by atoms with E-state index in [9.17, 15) is 9.59 Å². The minimum atomic E-state index is -0.891. The fourth-order valence-corrected chi connectivity index (χ4v) is 2.19. The van der Waals surface area contributed by atoms with Crippen molar-refractivity contribution >= 4 is 12.0 Å². The average Bonchev–Trinajstić information content (AvgIpc) is 2.38. The monoisotopic (exact) mass is 272 g/mol. The third-order valence-corrected chi connectivity index (χ3v) is 3.37. The van der Waals surface area contributed by atoms with Crippen LogP contribution in [0.1, 0.15) is 26.2 Å². The Hall–Kier alpha value is -1.30. The number of carbonyl (C=O) groups excluding carboxylic acids is 1. The van der Waals surface area contributed by atoms with Crippen LogP contribution in [-0.4, -0.2) is 66.8 Å². The Morgan fingerprint density at radius 2 is 2.00 bits per heavy atom. The highest BCUT2D eigenvalue weighted by Gasteiger charge is 2.23. The van der Waals surface area contributed by atoms with E-state index in [1.807, 2.05) is 0 Å². The normalized spacial score (nSPS) is 20.7. The minimum absolute atomic E-state index is 0.105. The molecule has 2 amide bonds. The molecule has 1 rings (SSSR count). The van der Waals surface area contributed by atoms with Crippen LogP contribution in [0.5, 0.6) is 0 Å². The highest BCUT2D eigenvalue weighted by atomic mass is 16.5. The van der Waals surface area contributed by atoms with Gasteiger partial charge in [-0.3, -0.25) is 4.79 Å². The summed E-state index contributed by atoms with van der Waals surface area (Å²) in [5.74, 6) is -1.45. The number of carboxylic acid groups (broad SMARTS) is 1. The molecule has 0 aromatic heterocycles. The van der Waals surface area contributed by atoms with Gasteiger partial charge in [-0.2, -0.15) is 0 Å². The van der Waals surface area contributed by atoms with E-state index >= 15 is 0 Å². The van der Waals surface area contributed by atoms with Crippen LogP contribution < -0.4 is 0 Å². The SMILES string of the molecule is CC(CN(C)C(=O)N(C)CC1CCCCO1)C(=O)O. The molecule has 0 aliphatic carbocycles. The Kier molecular flexibility index (Phi) is 6.08. The topological polar surface area (TPSA) is 70.1 Å². The quantitative estimate of drug-likeness (QED) is 0.818. The molecule has 1 fully saturated rings. The number of likely N-dealkylation sites (N-methyl/N-ethyl adjacent to an activating group) is 1. The summed E-state index contributed by atoms with van der Waals surface area (Å²) in [6.45, 7) is 3.13. The number of nitrogens with zero attached hydrogens (tertiary/aromatic N) is 2. The van der Waals surface area contributed by atoms with Crippen molar-refractivity contribution in [3.8, 4) is 0 Å². The Bertz CT molecular complexity index is 316. The Labute approximate surface area is 114 Å². The summed E-state index contributed by atoms with van der Waals surface area (Å²) in [4.78, 5) is 25.9. The van der Waals surface area contributed by atoms with Gasteiger partial charge in [0, 0.05) is 33.8 Å². The second-order valence-corrected chi connectivity index (χ2v) is 5.27. The first-order chi connectivity index (χ1) is 8.91. The smallest absolute Gasteiger partial charge is 0.319 e. The summed E-state index contributed by atoms with van der Waals surface area (Å²) < 4.78 is 5.59. The van der Waals surface area contributed by atoms with E-state index in [1.165, 1.54) is 4.90 Å². The molecular formula is C13H24N2O4. The summed E-state index contributed by atoms with van der Waals surface area (Å²) in [6.07, 6.45) is 3.31. The zero-order chi connectivity index (χ0) is 14.4. The molecular weight excluding hydrogens is 248 g/mol. The van der Waals surface area contributed by atoms with Crippen LogP contribution in [0.2, 0.25) is 0 Å². The van der Waals surface area contributed by atoms with Gasteiger partial charge in [-0.25, -0.2) is 4.79 Å². The van der Waals surface area contributed by atoms with Crippen molar-refractivity contribution < 1.29 is 19.4 Å². The van der Waals surface area contributed by atoms with Crippen LogP contribution in [0.25, 0.3) is 0 Å². The molecule has 1 saturated heterocycles. The maximum atomic E-state index is 12.1. The first kappa shape index (κ1) is 15.8. The van der Waals surface area contributed by atoms with E-state index < -0.39 is 11.9 Å². The number of carboxylic acids is 1. The van der Waals surface area contributed by atoms with Gasteiger partial charge in [-0.1, -0.05) is 6.92 Å². The summed E-state index contributed by atoms with van der Waals surface area (Å²) in [7, 11) is 3.35. The minimum Gasteiger partial charge on any atom is -0.481 e. The van der Waals surface area contributed by atoms with Gasteiger partial charge < -0.3 is 19.6 Å². The van der Waals surface area contributed by atoms with Crippen molar-refractivity contribution in [2.75, 3.05) is 33.8 Å². The second-order valence-electron chi connectivity index (χ2n) is 5.27. The molecule has 19 heavy (non-hydrogen) atoms. The molecule has 2 unspecified atom stereocenters. The van der Waals surface area contributed by atoms with Crippen molar-refractivity contribution in [1.29, 1.82) is 0 Å². The molecule has 0 spiro atoms. The molecule has 0 bridgehead atoms. The van der Waals surface area contributed by atoms with Gasteiger partial charge in [0.05, 0.1) is 12.0 Å². The lowest BCUT2D eigenvalue weighted by atomic mass is 10.1. The zero-order valence-corrected chi connectivity index (χ0v) is 12.0. The van der Waals surface area contributed by atoms with Crippen molar-refractivity contribution in [1.82, 2.24) is 9.80 Å². The number of urea groups is 1. The van der Waals surface area contributed by atoms with Crippen molar-refractivity contribution in [3.63, 3.8) is 0 Å². The van der Waals surface area contributed by atoms with E-state index in [0.717, 1.165) is 25.9 Å². The maximum absolute atomic E-state index is 12.1. The Balaban J connectivity index is 2.39. The summed E-state index contributed by atoms with van der Waals surface area (Å²) in [5.41, 5.74) is 0. The van der Waals surface area contributed by atoms with Gasteiger partial charge in [-0.05, 0) is 19.3 Å². The predicted molar refractivity (Wildman–Crippen MR) is 71.0 cm³/mol. The van der Waals surface area contributed by atoms with E-state index in [1.54, 1.807) is 25.9 Å². The van der Waals surface area contributed by atoms with Gasteiger partial charge in [-0.15, -0.1) is 0 Å². The standard InChI is InChI=1S/C13H24N2O4/c1-10(12(16)17)8-14(2)13(18)15(3)9-11-6-4-5-7-19-11/h10-11H,4-9H2,1-3H3,(H,16,17). The van der Waals surface area contributed by atoms with Crippen molar-refractivity contribution in [2.45, 2.75) is 32.3 Å². The largest absolute Gasteiger partial charge is 0.481 e.